The lowest BCUT2D eigenvalue weighted by molar-refractivity contribution is -0.142. The monoisotopic (exact) mass is 440 g/mol. The Bertz CT molecular complexity index is 1210. The van der Waals surface area contributed by atoms with Gasteiger partial charge < -0.3 is 19.2 Å². The maximum atomic E-state index is 11.3. The fourth-order valence-electron chi connectivity index (χ4n) is 4.05. The number of para-hydroxylation sites is 1. The molecule has 6 heteroatoms. The number of carboxylic acid groups (broad SMARTS) is 1. The van der Waals surface area contributed by atoms with Gasteiger partial charge >= 0.3 is 5.97 Å². The number of piperidine rings is 1. The summed E-state index contributed by atoms with van der Waals surface area (Å²) in [5.41, 5.74) is 2.61. The Balaban J connectivity index is 1.44. The third-order valence-electron chi connectivity index (χ3n) is 5.87. The zero-order chi connectivity index (χ0) is 22.6. The minimum atomic E-state index is -0.731. The lowest BCUT2D eigenvalue weighted by Gasteiger charge is -2.28. The third-order valence-corrected chi connectivity index (χ3v) is 5.87. The summed E-state index contributed by atoms with van der Waals surface area (Å²) in [5.74, 6) is 1.18. The number of anilines is 1. The summed E-state index contributed by atoms with van der Waals surface area (Å²) in [6.45, 7) is 1.21. The Morgan fingerprint density at radius 1 is 0.848 bits per heavy atom. The number of aliphatic carboxylic acids is 1. The maximum Gasteiger partial charge on any atom is 0.306 e. The summed E-state index contributed by atoms with van der Waals surface area (Å²) in [7, 11) is 0. The van der Waals surface area contributed by atoms with Crippen molar-refractivity contribution in [3.63, 3.8) is 0 Å². The van der Waals surface area contributed by atoms with Crippen LogP contribution in [0.2, 0.25) is 0 Å². The van der Waals surface area contributed by atoms with Gasteiger partial charge in [0.25, 0.3) is 6.01 Å². The average Bonchev–Trinajstić information content (AvgIpc) is 3.31. The van der Waals surface area contributed by atoms with Gasteiger partial charge in [0.1, 0.15) is 17.2 Å². The number of carboxylic acids is 1. The molecule has 0 radical (unpaired) electrons. The van der Waals surface area contributed by atoms with Crippen LogP contribution in [0.5, 0.6) is 11.5 Å². The first-order valence-corrected chi connectivity index (χ1v) is 11.0. The van der Waals surface area contributed by atoms with E-state index < -0.39 is 5.97 Å². The lowest BCUT2D eigenvalue weighted by Crippen LogP contribution is -2.36. The van der Waals surface area contributed by atoms with E-state index in [0.29, 0.717) is 37.7 Å². The molecule has 5 rings (SSSR count). The number of oxazole rings is 1. The molecule has 6 nitrogen and oxygen atoms in total. The predicted octanol–water partition coefficient (Wildman–Crippen LogP) is 6.10. The Morgan fingerprint density at radius 2 is 1.45 bits per heavy atom. The first-order valence-electron chi connectivity index (χ1n) is 11.0. The molecule has 3 aromatic carbocycles. The van der Waals surface area contributed by atoms with E-state index in [4.69, 9.17) is 14.1 Å². The standard InChI is InChI=1S/C27H24N2O4/c30-26(31)21-15-17-29(18-16-21)27-28-24(25(33-27)20-7-3-1-4-8-20)19-11-13-23(14-12-19)32-22-9-5-2-6-10-22/h1-14,21H,15-18H2,(H,30,31). The molecule has 33 heavy (non-hydrogen) atoms. The number of nitrogens with zero attached hydrogens (tertiary/aromatic N) is 2. The second-order valence-electron chi connectivity index (χ2n) is 8.08. The fraction of sp³-hybridized carbons (Fsp3) is 0.185. The second kappa shape index (κ2) is 9.20. The molecule has 0 unspecified atom stereocenters. The first kappa shape index (κ1) is 20.8. The Hall–Kier alpha value is -4.06. The molecule has 166 valence electrons. The molecule has 0 atom stereocenters. The second-order valence-corrected chi connectivity index (χ2v) is 8.08. The highest BCUT2D eigenvalue weighted by molar-refractivity contribution is 5.78. The summed E-state index contributed by atoms with van der Waals surface area (Å²) < 4.78 is 12.2. The van der Waals surface area contributed by atoms with Crippen molar-refractivity contribution in [3.05, 3.63) is 84.9 Å². The SMILES string of the molecule is O=C(O)C1CCN(c2nc(-c3ccc(Oc4ccccc4)cc3)c(-c3ccccc3)o2)CC1. The highest BCUT2D eigenvalue weighted by Gasteiger charge is 2.28. The van der Waals surface area contributed by atoms with Crippen LogP contribution in [0.3, 0.4) is 0 Å². The summed E-state index contributed by atoms with van der Waals surface area (Å²) in [4.78, 5) is 18.2. The van der Waals surface area contributed by atoms with Crippen LogP contribution >= 0.6 is 0 Å². The molecule has 1 fully saturated rings. The van der Waals surface area contributed by atoms with Crippen molar-refractivity contribution in [2.24, 2.45) is 5.92 Å². The lowest BCUT2D eigenvalue weighted by atomic mass is 9.97. The first-order chi connectivity index (χ1) is 16.2. The topological polar surface area (TPSA) is 75.8 Å². The van der Waals surface area contributed by atoms with E-state index in [-0.39, 0.29) is 5.92 Å². The van der Waals surface area contributed by atoms with Gasteiger partial charge in [-0.2, -0.15) is 4.98 Å². The van der Waals surface area contributed by atoms with E-state index >= 15 is 0 Å². The molecule has 1 N–H and O–H groups in total. The summed E-state index contributed by atoms with van der Waals surface area (Å²) >= 11 is 0. The molecule has 0 amide bonds. The molecule has 4 aromatic rings. The molecule has 1 saturated heterocycles. The Labute approximate surface area is 192 Å². The number of benzene rings is 3. The van der Waals surface area contributed by atoms with Crippen LogP contribution in [0.4, 0.5) is 6.01 Å². The van der Waals surface area contributed by atoms with E-state index in [0.717, 1.165) is 28.3 Å². The smallest absolute Gasteiger partial charge is 0.306 e. The van der Waals surface area contributed by atoms with Gasteiger partial charge in [0.15, 0.2) is 5.76 Å². The van der Waals surface area contributed by atoms with Crippen molar-refractivity contribution in [2.75, 3.05) is 18.0 Å². The van der Waals surface area contributed by atoms with Crippen LogP contribution in [0.15, 0.2) is 89.3 Å². The van der Waals surface area contributed by atoms with E-state index in [9.17, 15) is 9.90 Å². The zero-order valence-electron chi connectivity index (χ0n) is 18.1. The molecule has 0 aliphatic carbocycles. The van der Waals surface area contributed by atoms with Gasteiger partial charge in [-0.25, -0.2) is 0 Å². The minimum absolute atomic E-state index is 0.304. The highest BCUT2D eigenvalue weighted by Crippen LogP contribution is 2.37. The molecule has 0 bridgehead atoms. The van der Waals surface area contributed by atoms with Crippen LogP contribution in [0.25, 0.3) is 22.6 Å². The van der Waals surface area contributed by atoms with Crippen molar-refractivity contribution >= 4 is 12.0 Å². The fourth-order valence-corrected chi connectivity index (χ4v) is 4.05. The van der Waals surface area contributed by atoms with Crippen molar-refractivity contribution in [1.82, 2.24) is 4.98 Å². The number of aromatic nitrogens is 1. The maximum absolute atomic E-state index is 11.3. The third kappa shape index (κ3) is 4.60. The predicted molar refractivity (Wildman–Crippen MR) is 126 cm³/mol. The highest BCUT2D eigenvalue weighted by atomic mass is 16.5. The van der Waals surface area contributed by atoms with E-state index in [2.05, 4.69) is 0 Å². The van der Waals surface area contributed by atoms with Crippen molar-refractivity contribution < 1.29 is 19.1 Å². The Kier molecular flexibility index (Phi) is 5.81. The molecule has 1 aliphatic rings. The van der Waals surface area contributed by atoms with Crippen LogP contribution in [-0.4, -0.2) is 29.1 Å². The van der Waals surface area contributed by atoms with Crippen molar-refractivity contribution in [3.8, 4) is 34.1 Å². The quantitative estimate of drug-likeness (QED) is 0.390. The summed E-state index contributed by atoms with van der Waals surface area (Å²) in [6, 6.07) is 27.9. The Morgan fingerprint density at radius 3 is 2.09 bits per heavy atom. The van der Waals surface area contributed by atoms with Crippen LogP contribution < -0.4 is 9.64 Å². The zero-order valence-corrected chi connectivity index (χ0v) is 18.1. The van der Waals surface area contributed by atoms with Gasteiger partial charge in [0.2, 0.25) is 0 Å². The number of carbonyl (C=O) groups is 1. The van der Waals surface area contributed by atoms with Gasteiger partial charge in [-0.3, -0.25) is 4.79 Å². The molecular formula is C27H24N2O4. The molecule has 0 spiro atoms. The minimum Gasteiger partial charge on any atom is -0.481 e. The van der Waals surface area contributed by atoms with Crippen LogP contribution in [0.1, 0.15) is 12.8 Å². The summed E-state index contributed by atoms with van der Waals surface area (Å²) in [5, 5.41) is 9.29. The molecule has 1 aromatic heterocycles. The van der Waals surface area contributed by atoms with Crippen LogP contribution in [0, 0.1) is 5.92 Å². The number of rotatable bonds is 6. The van der Waals surface area contributed by atoms with Gasteiger partial charge in [-0.1, -0.05) is 48.5 Å². The molecular weight excluding hydrogens is 416 g/mol. The van der Waals surface area contributed by atoms with Gasteiger partial charge in [0.05, 0.1) is 5.92 Å². The number of ether oxygens (including phenoxy) is 1. The van der Waals surface area contributed by atoms with Crippen LogP contribution in [-0.2, 0) is 4.79 Å². The average molecular weight is 440 g/mol. The van der Waals surface area contributed by atoms with Gasteiger partial charge in [-0.15, -0.1) is 0 Å². The van der Waals surface area contributed by atoms with Crippen molar-refractivity contribution in [2.45, 2.75) is 12.8 Å². The molecule has 1 aliphatic heterocycles. The largest absolute Gasteiger partial charge is 0.481 e. The number of hydrogen-bond donors (Lipinski definition) is 1. The number of hydrogen-bond acceptors (Lipinski definition) is 5. The van der Waals surface area contributed by atoms with E-state index in [1.54, 1.807) is 0 Å². The van der Waals surface area contributed by atoms with E-state index in [1.807, 2.05) is 89.8 Å². The van der Waals surface area contributed by atoms with Gasteiger partial charge in [-0.05, 0) is 49.2 Å². The normalized spacial score (nSPS) is 14.2. The van der Waals surface area contributed by atoms with Crippen molar-refractivity contribution in [1.29, 1.82) is 0 Å². The van der Waals surface area contributed by atoms with Gasteiger partial charge in [0, 0.05) is 24.2 Å². The summed E-state index contributed by atoms with van der Waals surface area (Å²) in [6.07, 6.45) is 1.17. The molecule has 0 saturated carbocycles. The van der Waals surface area contributed by atoms with E-state index in [1.165, 1.54) is 0 Å². The molecule has 2 heterocycles.